The molecular formula is C15H13NO2. The standard InChI is InChI=1S/C15H13NO2/c17-15(18)13-4-2-1-3-12(13)10-5-6-14-11(9-10)7-8-16-14/h1-6,9,16H,7-8H2,(H,17,18). The lowest BCUT2D eigenvalue weighted by Gasteiger charge is -2.08. The second kappa shape index (κ2) is 4.18. The molecule has 2 N–H and O–H groups in total. The molecule has 0 radical (unpaired) electrons. The van der Waals surface area contributed by atoms with Gasteiger partial charge in [-0.2, -0.15) is 0 Å². The minimum absolute atomic E-state index is 0.350. The molecule has 2 aromatic rings. The molecule has 0 fully saturated rings. The van der Waals surface area contributed by atoms with E-state index in [0.29, 0.717) is 5.56 Å². The quantitative estimate of drug-likeness (QED) is 0.846. The van der Waals surface area contributed by atoms with Crippen LogP contribution in [0.15, 0.2) is 42.5 Å². The lowest BCUT2D eigenvalue weighted by atomic mass is 9.97. The number of hydrogen-bond acceptors (Lipinski definition) is 2. The van der Waals surface area contributed by atoms with E-state index < -0.39 is 5.97 Å². The summed E-state index contributed by atoms with van der Waals surface area (Å²) in [7, 11) is 0. The van der Waals surface area contributed by atoms with Crippen molar-refractivity contribution in [3.8, 4) is 11.1 Å². The third-order valence-electron chi connectivity index (χ3n) is 3.28. The number of fused-ring (bicyclic) bond motifs is 1. The molecule has 3 rings (SSSR count). The van der Waals surface area contributed by atoms with Gasteiger partial charge in [-0.3, -0.25) is 0 Å². The summed E-state index contributed by atoms with van der Waals surface area (Å²) < 4.78 is 0. The Morgan fingerprint density at radius 2 is 2.00 bits per heavy atom. The van der Waals surface area contributed by atoms with Crippen molar-refractivity contribution in [2.45, 2.75) is 6.42 Å². The second-order valence-corrected chi connectivity index (χ2v) is 4.40. The van der Waals surface area contributed by atoms with Gasteiger partial charge in [0.1, 0.15) is 0 Å². The van der Waals surface area contributed by atoms with Crippen molar-refractivity contribution in [1.29, 1.82) is 0 Å². The van der Waals surface area contributed by atoms with Crippen LogP contribution in [0.4, 0.5) is 5.69 Å². The third kappa shape index (κ3) is 1.74. The van der Waals surface area contributed by atoms with Crippen molar-refractivity contribution in [2.24, 2.45) is 0 Å². The third-order valence-corrected chi connectivity index (χ3v) is 3.28. The van der Waals surface area contributed by atoms with Crippen molar-refractivity contribution in [3.63, 3.8) is 0 Å². The van der Waals surface area contributed by atoms with E-state index in [-0.39, 0.29) is 0 Å². The van der Waals surface area contributed by atoms with Crippen LogP contribution in [-0.2, 0) is 6.42 Å². The Morgan fingerprint density at radius 1 is 1.17 bits per heavy atom. The predicted molar refractivity (Wildman–Crippen MR) is 71.0 cm³/mol. The zero-order valence-electron chi connectivity index (χ0n) is 9.81. The van der Waals surface area contributed by atoms with Crippen molar-refractivity contribution in [1.82, 2.24) is 0 Å². The fourth-order valence-electron chi connectivity index (χ4n) is 2.39. The molecule has 0 aliphatic carbocycles. The molecule has 90 valence electrons. The van der Waals surface area contributed by atoms with E-state index in [2.05, 4.69) is 11.4 Å². The summed E-state index contributed by atoms with van der Waals surface area (Å²) >= 11 is 0. The van der Waals surface area contributed by atoms with Gasteiger partial charge in [-0.05, 0) is 41.3 Å². The minimum Gasteiger partial charge on any atom is -0.478 e. The smallest absolute Gasteiger partial charge is 0.336 e. The molecule has 18 heavy (non-hydrogen) atoms. The molecule has 1 aliphatic heterocycles. The predicted octanol–water partition coefficient (Wildman–Crippen LogP) is 3.02. The van der Waals surface area contributed by atoms with E-state index in [4.69, 9.17) is 0 Å². The lowest BCUT2D eigenvalue weighted by Crippen LogP contribution is -1.99. The summed E-state index contributed by atoms with van der Waals surface area (Å²) in [5, 5.41) is 12.5. The number of nitrogens with one attached hydrogen (secondary N) is 1. The Bertz CT molecular complexity index is 620. The zero-order valence-corrected chi connectivity index (χ0v) is 9.81. The zero-order chi connectivity index (χ0) is 12.5. The normalized spacial score (nSPS) is 12.9. The molecule has 0 spiro atoms. The van der Waals surface area contributed by atoms with Gasteiger partial charge in [-0.15, -0.1) is 0 Å². The van der Waals surface area contributed by atoms with Gasteiger partial charge in [0.25, 0.3) is 0 Å². The summed E-state index contributed by atoms with van der Waals surface area (Å²) in [6.45, 7) is 0.958. The number of carboxylic acid groups (broad SMARTS) is 1. The largest absolute Gasteiger partial charge is 0.478 e. The average molecular weight is 239 g/mol. The van der Waals surface area contributed by atoms with Gasteiger partial charge in [0.05, 0.1) is 5.56 Å². The monoisotopic (exact) mass is 239 g/mol. The number of benzene rings is 2. The summed E-state index contributed by atoms with van der Waals surface area (Å²) in [5.41, 5.74) is 4.51. The molecule has 0 aromatic heterocycles. The molecule has 0 amide bonds. The maximum absolute atomic E-state index is 11.2. The topological polar surface area (TPSA) is 49.3 Å². The lowest BCUT2D eigenvalue weighted by molar-refractivity contribution is 0.0697. The van der Waals surface area contributed by atoms with Gasteiger partial charge in [-0.1, -0.05) is 24.3 Å². The highest BCUT2D eigenvalue weighted by atomic mass is 16.4. The highest BCUT2D eigenvalue weighted by Crippen LogP contribution is 2.30. The molecular weight excluding hydrogens is 226 g/mol. The first-order chi connectivity index (χ1) is 8.75. The number of rotatable bonds is 2. The Balaban J connectivity index is 2.13. The molecule has 3 heteroatoms. The maximum atomic E-state index is 11.2. The van der Waals surface area contributed by atoms with E-state index >= 15 is 0 Å². The Hall–Kier alpha value is -2.29. The van der Waals surface area contributed by atoms with Crippen LogP contribution >= 0.6 is 0 Å². The molecule has 3 nitrogen and oxygen atoms in total. The number of aromatic carboxylic acids is 1. The summed E-state index contributed by atoms with van der Waals surface area (Å²) in [6, 6.07) is 13.2. The summed E-state index contributed by atoms with van der Waals surface area (Å²) in [6.07, 6.45) is 0.998. The van der Waals surface area contributed by atoms with Crippen molar-refractivity contribution < 1.29 is 9.90 Å². The van der Waals surface area contributed by atoms with Crippen molar-refractivity contribution >= 4 is 11.7 Å². The highest BCUT2D eigenvalue weighted by Gasteiger charge is 2.14. The van der Waals surface area contributed by atoms with Gasteiger partial charge in [-0.25, -0.2) is 4.79 Å². The number of hydrogen-bond donors (Lipinski definition) is 2. The minimum atomic E-state index is -0.885. The van der Waals surface area contributed by atoms with Crippen LogP contribution in [0.2, 0.25) is 0 Å². The van der Waals surface area contributed by atoms with E-state index in [9.17, 15) is 9.90 Å². The van der Waals surface area contributed by atoms with Crippen LogP contribution in [0.3, 0.4) is 0 Å². The van der Waals surface area contributed by atoms with Crippen LogP contribution in [0, 0.1) is 0 Å². The van der Waals surface area contributed by atoms with E-state index in [0.717, 1.165) is 29.8 Å². The fourth-order valence-corrected chi connectivity index (χ4v) is 2.39. The average Bonchev–Trinajstić information content (AvgIpc) is 2.85. The van der Waals surface area contributed by atoms with Crippen LogP contribution in [-0.4, -0.2) is 17.6 Å². The number of carbonyl (C=O) groups is 1. The summed E-state index contributed by atoms with van der Waals surface area (Å²) in [4.78, 5) is 11.2. The Morgan fingerprint density at radius 3 is 2.83 bits per heavy atom. The number of carboxylic acids is 1. The van der Waals surface area contributed by atoms with E-state index in [1.807, 2.05) is 24.3 Å². The van der Waals surface area contributed by atoms with Crippen LogP contribution in [0.5, 0.6) is 0 Å². The molecule has 1 heterocycles. The van der Waals surface area contributed by atoms with Crippen LogP contribution in [0.25, 0.3) is 11.1 Å². The summed E-state index contributed by atoms with van der Waals surface area (Å²) in [5.74, 6) is -0.885. The molecule has 0 saturated heterocycles. The molecule has 2 aromatic carbocycles. The van der Waals surface area contributed by atoms with E-state index in [1.165, 1.54) is 5.56 Å². The first-order valence-electron chi connectivity index (χ1n) is 5.95. The molecule has 0 unspecified atom stereocenters. The molecule has 0 saturated carbocycles. The maximum Gasteiger partial charge on any atom is 0.336 e. The van der Waals surface area contributed by atoms with Crippen molar-refractivity contribution in [3.05, 3.63) is 53.6 Å². The Kier molecular flexibility index (Phi) is 2.52. The second-order valence-electron chi connectivity index (χ2n) is 4.40. The molecule has 0 bridgehead atoms. The van der Waals surface area contributed by atoms with Crippen molar-refractivity contribution in [2.75, 3.05) is 11.9 Å². The van der Waals surface area contributed by atoms with Gasteiger partial charge in [0, 0.05) is 12.2 Å². The SMILES string of the molecule is O=C(O)c1ccccc1-c1ccc2c(c1)CCN2. The molecule has 0 atom stereocenters. The highest BCUT2D eigenvalue weighted by molar-refractivity contribution is 5.96. The number of anilines is 1. The van der Waals surface area contributed by atoms with Crippen LogP contribution in [0.1, 0.15) is 15.9 Å². The van der Waals surface area contributed by atoms with Gasteiger partial charge < -0.3 is 10.4 Å². The van der Waals surface area contributed by atoms with E-state index in [1.54, 1.807) is 12.1 Å². The van der Waals surface area contributed by atoms with Gasteiger partial charge in [0.2, 0.25) is 0 Å². The fraction of sp³-hybridized carbons (Fsp3) is 0.133. The van der Waals surface area contributed by atoms with Gasteiger partial charge in [0.15, 0.2) is 0 Å². The first kappa shape index (κ1) is 10.8. The van der Waals surface area contributed by atoms with Gasteiger partial charge >= 0.3 is 5.97 Å². The van der Waals surface area contributed by atoms with Crippen LogP contribution < -0.4 is 5.32 Å². The Labute approximate surface area is 105 Å². The first-order valence-corrected chi connectivity index (χ1v) is 5.95. The molecule has 1 aliphatic rings.